The van der Waals surface area contributed by atoms with Gasteiger partial charge in [0.2, 0.25) is 5.75 Å². The highest BCUT2D eigenvalue weighted by atomic mass is 19.4. The fourth-order valence-corrected chi connectivity index (χ4v) is 5.28. The van der Waals surface area contributed by atoms with Crippen molar-refractivity contribution in [2.24, 2.45) is 23.7 Å². The van der Waals surface area contributed by atoms with Crippen molar-refractivity contribution in [2.75, 3.05) is 13.2 Å². The van der Waals surface area contributed by atoms with Crippen LogP contribution in [0.5, 0.6) is 11.5 Å². The zero-order chi connectivity index (χ0) is 24.5. The van der Waals surface area contributed by atoms with Crippen LogP contribution >= 0.6 is 0 Å². The summed E-state index contributed by atoms with van der Waals surface area (Å²) >= 11 is 0. The molecule has 0 unspecified atom stereocenters. The van der Waals surface area contributed by atoms with E-state index in [9.17, 15) is 30.7 Å². The van der Waals surface area contributed by atoms with Crippen molar-refractivity contribution in [3.63, 3.8) is 0 Å². The maximum absolute atomic E-state index is 14.7. The Morgan fingerprint density at radius 2 is 1.26 bits per heavy atom. The molecule has 11 heteroatoms. The van der Waals surface area contributed by atoms with Gasteiger partial charge in [-0.15, -0.1) is 13.2 Å². The SMILES string of the molecule is Fc1cc(OC(F)(F)C2CCC(C3OCC(C4CCCC4)CO3)CC2)cc(F)c1OC(F)(F)F. The molecule has 1 aromatic rings. The van der Waals surface area contributed by atoms with E-state index in [1.54, 1.807) is 0 Å². The van der Waals surface area contributed by atoms with E-state index in [0.29, 0.717) is 37.9 Å². The quantitative estimate of drug-likeness (QED) is 0.402. The van der Waals surface area contributed by atoms with E-state index in [-0.39, 0.29) is 30.9 Å². The summed E-state index contributed by atoms with van der Waals surface area (Å²) in [7, 11) is 0. The fourth-order valence-electron chi connectivity index (χ4n) is 5.28. The van der Waals surface area contributed by atoms with Gasteiger partial charge >= 0.3 is 12.5 Å². The number of alkyl halides is 5. The molecule has 34 heavy (non-hydrogen) atoms. The number of benzene rings is 1. The van der Waals surface area contributed by atoms with Crippen LogP contribution in [0.4, 0.5) is 30.7 Å². The minimum Gasteiger partial charge on any atom is -0.432 e. The molecule has 0 bridgehead atoms. The molecular formula is C23H27F7O4. The Hall–Kier alpha value is -1.75. The summed E-state index contributed by atoms with van der Waals surface area (Å²) in [6.45, 7) is 1.22. The van der Waals surface area contributed by atoms with E-state index in [0.717, 1.165) is 0 Å². The average Bonchev–Trinajstić information content (AvgIpc) is 3.31. The Balaban J connectivity index is 1.29. The van der Waals surface area contributed by atoms with Crippen molar-refractivity contribution < 1.29 is 49.7 Å². The summed E-state index contributed by atoms with van der Waals surface area (Å²) in [6, 6.07) is 0.488. The number of hydrogen-bond acceptors (Lipinski definition) is 4. The molecule has 0 radical (unpaired) electrons. The highest BCUT2D eigenvalue weighted by Crippen LogP contribution is 2.43. The van der Waals surface area contributed by atoms with Gasteiger partial charge in [0.1, 0.15) is 5.75 Å². The molecule has 0 spiro atoms. The van der Waals surface area contributed by atoms with E-state index in [1.807, 2.05) is 0 Å². The monoisotopic (exact) mass is 500 g/mol. The van der Waals surface area contributed by atoms with Crippen LogP contribution in [0.2, 0.25) is 0 Å². The molecule has 0 N–H and O–H groups in total. The number of hydrogen-bond donors (Lipinski definition) is 0. The van der Waals surface area contributed by atoms with E-state index in [4.69, 9.17) is 9.47 Å². The van der Waals surface area contributed by atoms with Gasteiger partial charge in [-0.05, 0) is 31.6 Å². The number of ether oxygens (including phenoxy) is 4. The second kappa shape index (κ2) is 10.1. The highest BCUT2D eigenvalue weighted by Gasteiger charge is 2.46. The van der Waals surface area contributed by atoms with Crippen molar-refractivity contribution in [3.05, 3.63) is 23.8 Å². The molecule has 1 saturated heterocycles. The first-order valence-electron chi connectivity index (χ1n) is 11.6. The van der Waals surface area contributed by atoms with Crippen LogP contribution in [-0.4, -0.2) is 32.0 Å². The predicted molar refractivity (Wildman–Crippen MR) is 105 cm³/mol. The molecule has 192 valence electrons. The topological polar surface area (TPSA) is 36.9 Å². The minimum atomic E-state index is -5.34. The summed E-state index contributed by atoms with van der Waals surface area (Å²) in [4.78, 5) is 0. The summed E-state index contributed by atoms with van der Waals surface area (Å²) in [5.74, 6) is -6.51. The maximum Gasteiger partial charge on any atom is 0.573 e. The lowest BCUT2D eigenvalue weighted by Gasteiger charge is -2.40. The molecule has 0 amide bonds. The van der Waals surface area contributed by atoms with Gasteiger partial charge in [0.05, 0.1) is 19.1 Å². The van der Waals surface area contributed by atoms with Crippen molar-refractivity contribution in [1.29, 1.82) is 0 Å². The molecule has 1 aromatic carbocycles. The Kier molecular flexibility index (Phi) is 7.52. The molecule has 1 aliphatic heterocycles. The van der Waals surface area contributed by atoms with Crippen LogP contribution < -0.4 is 9.47 Å². The highest BCUT2D eigenvalue weighted by molar-refractivity contribution is 5.35. The summed E-state index contributed by atoms with van der Waals surface area (Å²) in [6.07, 6.45) is -3.73. The maximum atomic E-state index is 14.7. The number of halogens is 7. The molecule has 1 heterocycles. The first-order chi connectivity index (χ1) is 16.0. The smallest absolute Gasteiger partial charge is 0.432 e. The minimum absolute atomic E-state index is 0.0368. The Morgan fingerprint density at radius 1 is 0.706 bits per heavy atom. The Morgan fingerprint density at radius 3 is 1.79 bits per heavy atom. The zero-order valence-electron chi connectivity index (χ0n) is 18.4. The third-order valence-corrected chi connectivity index (χ3v) is 7.09. The molecule has 2 aliphatic carbocycles. The van der Waals surface area contributed by atoms with Gasteiger partial charge in [-0.2, -0.15) is 8.78 Å². The summed E-state index contributed by atoms with van der Waals surface area (Å²) < 4.78 is 113. The van der Waals surface area contributed by atoms with E-state index in [2.05, 4.69) is 9.47 Å². The molecule has 4 rings (SSSR count). The van der Waals surface area contributed by atoms with Crippen molar-refractivity contribution in [2.45, 2.75) is 70.1 Å². The van der Waals surface area contributed by atoms with E-state index < -0.39 is 47.8 Å². The van der Waals surface area contributed by atoms with Crippen LogP contribution in [0.15, 0.2) is 12.1 Å². The van der Waals surface area contributed by atoms with Crippen molar-refractivity contribution >= 4 is 0 Å². The molecule has 4 nitrogen and oxygen atoms in total. The fraction of sp³-hybridized carbons (Fsp3) is 0.739. The Bertz CT molecular complexity index is 802. The van der Waals surface area contributed by atoms with Gasteiger partial charge in [-0.1, -0.05) is 25.7 Å². The Labute approximate surface area is 192 Å². The van der Waals surface area contributed by atoms with Crippen LogP contribution in [0, 0.1) is 35.3 Å². The molecule has 3 fully saturated rings. The van der Waals surface area contributed by atoms with Gasteiger partial charge in [0, 0.05) is 24.0 Å². The van der Waals surface area contributed by atoms with E-state index in [1.165, 1.54) is 25.7 Å². The lowest BCUT2D eigenvalue weighted by atomic mass is 9.80. The lowest BCUT2D eigenvalue weighted by Crippen LogP contribution is -2.43. The molecule has 0 atom stereocenters. The number of rotatable bonds is 6. The van der Waals surface area contributed by atoms with Crippen LogP contribution in [0.3, 0.4) is 0 Å². The van der Waals surface area contributed by atoms with Gasteiger partial charge in [-0.25, -0.2) is 8.78 Å². The molecule has 2 saturated carbocycles. The van der Waals surface area contributed by atoms with Crippen LogP contribution in [0.25, 0.3) is 0 Å². The molecule has 0 aromatic heterocycles. The lowest BCUT2D eigenvalue weighted by molar-refractivity contribution is -0.276. The average molecular weight is 500 g/mol. The van der Waals surface area contributed by atoms with Crippen LogP contribution in [-0.2, 0) is 9.47 Å². The molecule has 3 aliphatic rings. The second-order valence-electron chi connectivity index (χ2n) is 9.38. The third-order valence-electron chi connectivity index (χ3n) is 7.09. The predicted octanol–water partition coefficient (Wildman–Crippen LogP) is 6.82. The first-order valence-corrected chi connectivity index (χ1v) is 11.6. The third kappa shape index (κ3) is 6.08. The largest absolute Gasteiger partial charge is 0.573 e. The standard InChI is InChI=1S/C23H27F7O4/c24-18-9-17(10-19(25)20(18)34-23(28,29)30)33-22(26,27)16-7-5-14(6-8-16)21-31-11-15(12-32-21)13-3-1-2-4-13/h9-10,13-16,21H,1-8,11-12H2. The van der Waals surface area contributed by atoms with E-state index >= 15 is 0 Å². The first kappa shape index (κ1) is 25.3. The summed E-state index contributed by atoms with van der Waals surface area (Å²) in [5, 5.41) is 0. The van der Waals surface area contributed by atoms with Gasteiger partial charge in [-0.3, -0.25) is 0 Å². The second-order valence-corrected chi connectivity index (χ2v) is 9.38. The normalized spacial score (nSPS) is 29.3. The van der Waals surface area contributed by atoms with Crippen molar-refractivity contribution in [1.82, 2.24) is 0 Å². The molecular weight excluding hydrogens is 473 g/mol. The van der Waals surface area contributed by atoms with Gasteiger partial charge in [0.25, 0.3) is 0 Å². The summed E-state index contributed by atoms with van der Waals surface area (Å²) in [5.41, 5.74) is 0. The van der Waals surface area contributed by atoms with Crippen molar-refractivity contribution in [3.8, 4) is 11.5 Å². The zero-order valence-corrected chi connectivity index (χ0v) is 18.4. The van der Waals surface area contributed by atoms with Crippen LogP contribution in [0.1, 0.15) is 51.4 Å². The van der Waals surface area contributed by atoms with Gasteiger partial charge in [0.15, 0.2) is 17.9 Å². The van der Waals surface area contributed by atoms with Gasteiger partial charge < -0.3 is 18.9 Å².